The lowest BCUT2D eigenvalue weighted by atomic mass is 10.2. The van der Waals surface area contributed by atoms with Gasteiger partial charge in [-0.25, -0.2) is 0 Å². The van der Waals surface area contributed by atoms with E-state index in [0.29, 0.717) is 6.42 Å². The van der Waals surface area contributed by atoms with Gasteiger partial charge >= 0.3 is 0 Å². The summed E-state index contributed by atoms with van der Waals surface area (Å²) in [5.74, 6) is 1.80. The van der Waals surface area contributed by atoms with Gasteiger partial charge in [0.2, 0.25) is 5.91 Å². The number of carbonyl (C=O) groups is 1. The van der Waals surface area contributed by atoms with Gasteiger partial charge in [-0.3, -0.25) is 4.79 Å². The van der Waals surface area contributed by atoms with Crippen LogP contribution in [0.4, 0.5) is 0 Å². The molecule has 1 aromatic rings. The third-order valence-electron chi connectivity index (χ3n) is 2.90. The van der Waals surface area contributed by atoms with Gasteiger partial charge in [-0.05, 0) is 19.1 Å². The summed E-state index contributed by atoms with van der Waals surface area (Å²) in [6.45, 7) is 5.17. The molecule has 2 rings (SSSR count). The number of thiol groups is 1. The highest BCUT2D eigenvalue weighted by Gasteiger charge is 2.23. The van der Waals surface area contributed by atoms with E-state index in [1.165, 1.54) is 0 Å². The summed E-state index contributed by atoms with van der Waals surface area (Å²) in [6, 6.07) is 3.81. The Bertz CT molecular complexity index is 386. The largest absolute Gasteiger partial charge is 0.466 e. The van der Waals surface area contributed by atoms with Crippen molar-refractivity contribution < 1.29 is 9.21 Å². The molecule has 17 heavy (non-hydrogen) atoms. The molecule has 1 aliphatic heterocycles. The van der Waals surface area contributed by atoms with Gasteiger partial charge < -0.3 is 14.6 Å². The molecule has 1 amide bonds. The van der Waals surface area contributed by atoms with Crippen molar-refractivity contribution in [1.29, 1.82) is 0 Å². The van der Waals surface area contributed by atoms with Gasteiger partial charge in [0.25, 0.3) is 0 Å². The van der Waals surface area contributed by atoms with Crippen molar-refractivity contribution in [1.82, 2.24) is 10.2 Å². The number of furan rings is 1. The van der Waals surface area contributed by atoms with Crippen LogP contribution in [0.2, 0.25) is 0 Å². The van der Waals surface area contributed by atoms with E-state index in [1.807, 2.05) is 24.0 Å². The number of rotatable bonds is 3. The molecule has 94 valence electrons. The van der Waals surface area contributed by atoms with E-state index in [9.17, 15) is 4.79 Å². The SMILES string of the molecule is Cc1ccc(CC(S)C(=O)N2CCNCC2)o1. The van der Waals surface area contributed by atoms with Crippen LogP contribution in [0, 0.1) is 6.92 Å². The summed E-state index contributed by atoms with van der Waals surface area (Å²) >= 11 is 4.38. The van der Waals surface area contributed by atoms with Crippen LogP contribution < -0.4 is 5.32 Å². The Morgan fingerprint density at radius 3 is 2.82 bits per heavy atom. The van der Waals surface area contributed by atoms with Crippen molar-refractivity contribution in [3.05, 3.63) is 23.7 Å². The second-order valence-corrected chi connectivity index (χ2v) is 4.93. The first-order valence-corrected chi connectivity index (χ1v) is 6.41. The zero-order valence-corrected chi connectivity index (χ0v) is 10.9. The molecule has 1 atom stereocenters. The first-order chi connectivity index (χ1) is 8.16. The average Bonchev–Trinajstić information content (AvgIpc) is 2.75. The molecule has 1 aliphatic rings. The zero-order chi connectivity index (χ0) is 12.3. The molecule has 0 aromatic carbocycles. The Hall–Kier alpha value is -0.940. The second-order valence-electron chi connectivity index (χ2n) is 4.31. The lowest BCUT2D eigenvalue weighted by Crippen LogP contribution is -2.49. The Morgan fingerprint density at radius 1 is 1.53 bits per heavy atom. The Kier molecular flexibility index (Phi) is 4.12. The third-order valence-corrected chi connectivity index (χ3v) is 3.31. The smallest absolute Gasteiger partial charge is 0.235 e. The number of nitrogens with zero attached hydrogens (tertiary/aromatic N) is 1. The lowest BCUT2D eigenvalue weighted by Gasteiger charge is -2.29. The van der Waals surface area contributed by atoms with E-state index in [2.05, 4.69) is 17.9 Å². The molecule has 0 radical (unpaired) electrons. The lowest BCUT2D eigenvalue weighted by molar-refractivity contribution is -0.131. The summed E-state index contributed by atoms with van der Waals surface area (Å²) in [5, 5.41) is 2.92. The van der Waals surface area contributed by atoms with Gasteiger partial charge in [0.15, 0.2) is 0 Å². The van der Waals surface area contributed by atoms with Crippen LogP contribution in [0.15, 0.2) is 16.5 Å². The monoisotopic (exact) mass is 254 g/mol. The van der Waals surface area contributed by atoms with Crippen LogP contribution in [-0.2, 0) is 11.2 Å². The maximum absolute atomic E-state index is 12.1. The fourth-order valence-corrected chi connectivity index (χ4v) is 2.31. The molecule has 1 unspecified atom stereocenters. The molecule has 0 spiro atoms. The van der Waals surface area contributed by atoms with Crippen molar-refractivity contribution in [2.45, 2.75) is 18.6 Å². The fraction of sp³-hybridized carbons (Fsp3) is 0.583. The third kappa shape index (κ3) is 3.26. The van der Waals surface area contributed by atoms with E-state index >= 15 is 0 Å². The number of carbonyl (C=O) groups excluding carboxylic acids is 1. The molecule has 1 fully saturated rings. The van der Waals surface area contributed by atoms with Crippen LogP contribution in [0.1, 0.15) is 11.5 Å². The molecule has 1 aromatic heterocycles. The van der Waals surface area contributed by atoms with Crippen LogP contribution in [0.3, 0.4) is 0 Å². The topological polar surface area (TPSA) is 45.5 Å². The summed E-state index contributed by atoms with van der Waals surface area (Å²) in [4.78, 5) is 14.0. The van der Waals surface area contributed by atoms with Gasteiger partial charge in [-0.2, -0.15) is 12.6 Å². The number of amides is 1. The first kappa shape index (κ1) is 12.5. The van der Waals surface area contributed by atoms with Crippen molar-refractivity contribution in [3.8, 4) is 0 Å². The molecule has 0 bridgehead atoms. The fourth-order valence-electron chi connectivity index (χ4n) is 1.97. The first-order valence-electron chi connectivity index (χ1n) is 5.89. The number of hydrogen-bond acceptors (Lipinski definition) is 4. The maximum Gasteiger partial charge on any atom is 0.235 e. The highest BCUT2D eigenvalue weighted by atomic mass is 32.1. The highest BCUT2D eigenvalue weighted by molar-refractivity contribution is 7.81. The van der Waals surface area contributed by atoms with E-state index in [-0.39, 0.29) is 11.2 Å². The van der Waals surface area contributed by atoms with Gasteiger partial charge in [0.1, 0.15) is 11.5 Å². The minimum Gasteiger partial charge on any atom is -0.466 e. The summed E-state index contributed by atoms with van der Waals surface area (Å²) in [6.07, 6.45) is 0.555. The Labute approximate surface area is 107 Å². The molecule has 0 aliphatic carbocycles. The molecule has 1 saturated heterocycles. The molecule has 5 heteroatoms. The second kappa shape index (κ2) is 5.60. The van der Waals surface area contributed by atoms with E-state index in [1.54, 1.807) is 0 Å². The maximum atomic E-state index is 12.1. The average molecular weight is 254 g/mol. The predicted molar refractivity (Wildman–Crippen MR) is 69.4 cm³/mol. The van der Waals surface area contributed by atoms with Gasteiger partial charge in [0, 0.05) is 32.6 Å². The van der Waals surface area contributed by atoms with Gasteiger partial charge in [-0.1, -0.05) is 0 Å². The number of aryl methyl sites for hydroxylation is 1. The van der Waals surface area contributed by atoms with Crippen molar-refractivity contribution >= 4 is 18.5 Å². The summed E-state index contributed by atoms with van der Waals surface area (Å²) < 4.78 is 5.46. The standard InChI is InChI=1S/C12H18N2O2S/c1-9-2-3-10(16-9)8-11(17)12(15)14-6-4-13-5-7-14/h2-3,11,13,17H,4-8H2,1H3. The predicted octanol–water partition coefficient (Wildman–Crippen LogP) is 0.861. The minimum atomic E-state index is -0.307. The Morgan fingerprint density at radius 2 is 2.24 bits per heavy atom. The molecular weight excluding hydrogens is 236 g/mol. The quantitative estimate of drug-likeness (QED) is 0.787. The molecule has 4 nitrogen and oxygen atoms in total. The number of nitrogens with one attached hydrogen (secondary N) is 1. The van der Waals surface area contributed by atoms with Crippen molar-refractivity contribution in [2.75, 3.05) is 26.2 Å². The van der Waals surface area contributed by atoms with E-state index in [0.717, 1.165) is 37.7 Å². The summed E-state index contributed by atoms with van der Waals surface area (Å²) in [5.41, 5.74) is 0. The van der Waals surface area contributed by atoms with Crippen LogP contribution in [0.5, 0.6) is 0 Å². The van der Waals surface area contributed by atoms with Crippen molar-refractivity contribution in [3.63, 3.8) is 0 Å². The Balaban J connectivity index is 1.90. The van der Waals surface area contributed by atoms with E-state index in [4.69, 9.17) is 4.42 Å². The summed E-state index contributed by atoms with van der Waals surface area (Å²) in [7, 11) is 0. The minimum absolute atomic E-state index is 0.101. The van der Waals surface area contributed by atoms with E-state index < -0.39 is 0 Å². The van der Waals surface area contributed by atoms with Crippen LogP contribution in [-0.4, -0.2) is 42.2 Å². The van der Waals surface area contributed by atoms with Gasteiger partial charge in [0.05, 0.1) is 5.25 Å². The normalized spacial score (nSPS) is 18.1. The van der Waals surface area contributed by atoms with Crippen LogP contribution in [0.25, 0.3) is 0 Å². The van der Waals surface area contributed by atoms with Crippen molar-refractivity contribution in [2.24, 2.45) is 0 Å². The zero-order valence-electron chi connectivity index (χ0n) is 9.98. The highest BCUT2D eigenvalue weighted by Crippen LogP contribution is 2.14. The number of piperazine rings is 1. The van der Waals surface area contributed by atoms with Gasteiger partial charge in [-0.15, -0.1) is 0 Å². The molecular formula is C12H18N2O2S. The van der Waals surface area contributed by atoms with Crippen LogP contribution >= 0.6 is 12.6 Å². The number of hydrogen-bond donors (Lipinski definition) is 2. The molecule has 0 saturated carbocycles. The molecule has 2 heterocycles. The molecule has 1 N–H and O–H groups in total.